The number of carbonyl (C=O) groups excluding carboxylic acids is 1. The van der Waals surface area contributed by atoms with Gasteiger partial charge < -0.3 is 10.5 Å². The molecule has 5 heteroatoms. The molecule has 2 rings (SSSR count). The van der Waals surface area contributed by atoms with Crippen molar-refractivity contribution >= 4 is 21.8 Å². The van der Waals surface area contributed by atoms with Gasteiger partial charge in [-0.2, -0.15) is 0 Å². The number of ether oxygens (including phenoxy) is 1. The zero-order chi connectivity index (χ0) is 14.0. The van der Waals surface area contributed by atoms with Crippen LogP contribution in [-0.2, 0) is 0 Å². The predicted molar refractivity (Wildman–Crippen MR) is 76.4 cm³/mol. The van der Waals surface area contributed by atoms with E-state index in [1.54, 1.807) is 13.0 Å². The highest BCUT2D eigenvalue weighted by atomic mass is 79.9. The van der Waals surface area contributed by atoms with Crippen molar-refractivity contribution in [3.8, 4) is 11.6 Å². The summed E-state index contributed by atoms with van der Waals surface area (Å²) in [5.41, 5.74) is 7.38. The minimum atomic E-state index is -0.498. The van der Waals surface area contributed by atoms with Crippen molar-refractivity contribution in [2.75, 3.05) is 0 Å². The van der Waals surface area contributed by atoms with Crippen LogP contribution in [0, 0.1) is 13.8 Å². The second-order valence-electron chi connectivity index (χ2n) is 4.21. The maximum Gasteiger partial charge on any atom is 0.248 e. The highest BCUT2D eigenvalue weighted by Gasteiger charge is 2.07. The molecule has 2 N–H and O–H groups in total. The minimum Gasteiger partial charge on any atom is -0.439 e. The summed E-state index contributed by atoms with van der Waals surface area (Å²) in [6.45, 7) is 3.75. The molecule has 0 saturated carbocycles. The van der Waals surface area contributed by atoms with E-state index in [1.165, 1.54) is 6.07 Å². The molecule has 1 aromatic carbocycles. The van der Waals surface area contributed by atoms with E-state index < -0.39 is 5.91 Å². The molecule has 0 unspecified atom stereocenters. The predicted octanol–water partition coefficient (Wildman–Crippen LogP) is 3.35. The molecule has 0 bridgehead atoms. The Morgan fingerprint density at radius 1 is 1.26 bits per heavy atom. The van der Waals surface area contributed by atoms with Crippen LogP contribution in [0.15, 0.2) is 34.8 Å². The van der Waals surface area contributed by atoms with E-state index in [0.29, 0.717) is 22.9 Å². The van der Waals surface area contributed by atoms with Crippen LogP contribution >= 0.6 is 15.9 Å². The van der Waals surface area contributed by atoms with Gasteiger partial charge in [-0.25, -0.2) is 4.98 Å². The molecule has 0 radical (unpaired) electrons. The number of carbonyl (C=O) groups is 1. The van der Waals surface area contributed by atoms with Crippen LogP contribution in [0.25, 0.3) is 0 Å². The number of nitrogens with zero attached hydrogens (tertiary/aromatic N) is 1. The summed E-state index contributed by atoms with van der Waals surface area (Å²) in [5.74, 6) is 0.520. The van der Waals surface area contributed by atoms with Crippen molar-refractivity contribution in [3.63, 3.8) is 0 Å². The number of amides is 1. The highest BCUT2D eigenvalue weighted by molar-refractivity contribution is 9.10. The van der Waals surface area contributed by atoms with Crippen LogP contribution < -0.4 is 10.5 Å². The molecule has 0 aliphatic carbocycles. The van der Waals surface area contributed by atoms with Crippen molar-refractivity contribution in [1.29, 1.82) is 0 Å². The summed E-state index contributed by atoms with van der Waals surface area (Å²) in [4.78, 5) is 15.4. The normalized spacial score (nSPS) is 10.3. The van der Waals surface area contributed by atoms with E-state index in [-0.39, 0.29) is 0 Å². The molecule has 1 aromatic heterocycles. The largest absolute Gasteiger partial charge is 0.439 e. The first-order valence-corrected chi connectivity index (χ1v) is 6.47. The first-order chi connectivity index (χ1) is 8.95. The van der Waals surface area contributed by atoms with Crippen LogP contribution in [0.2, 0.25) is 0 Å². The van der Waals surface area contributed by atoms with Crippen molar-refractivity contribution in [2.24, 2.45) is 5.73 Å². The average Bonchev–Trinajstić information content (AvgIpc) is 2.33. The third-order valence-corrected chi connectivity index (χ3v) is 3.46. The van der Waals surface area contributed by atoms with Gasteiger partial charge in [0.25, 0.3) is 0 Å². The van der Waals surface area contributed by atoms with Crippen molar-refractivity contribution < 1.29 is 9.53 Å². The van der Waals surface area contributed by atoms with Gasteiger partial charge in [0, 0.05) is 21.8 Å². The highest BCUT2D eigenvalue weighted by Crippen LogP contribution is 2.25. The van der Waals surface area contributed by atoms with Crippen molar-refractivity contribution in [3.05, 3.63) is 51.6 Å². The topological polar surface area (TPSA) is 65.2 Å². The van der Waals surface area contributed by atoms with Crippen LogP contribution in [0.4, 0.5) is 0 Å². The van der Waals surface area contributed by atoms with E-state index in [4.69, 9.17) is 10.5 Å². The van der Waals surface area contributed by atoms with Gasteiger partial charge in [-0.15, -0.1) is 0 Å². The summed E-state index contributed by atoms with van der Waals surface area (Å²) >= 11 is 3.42. The van der Waals surface area contributed by atoms with E-state index in [1.807, 2.05) is 25.1 Å². The number of primary amides is 1. The summed E-state index contributed by atoms with van der Waals surface area (Å²) < 4.78 is 6.66. The number of aromatic nitrogens is 1. The van der Waals surface area contributed by atoms with Gasteiger partial charge in [0.05, 0.1) is 0 Å². The fraction of sp³-hybridized carbons (Fsp3) is 0.143. The lowest BCUT2D eigenvalue weighted by molar-refractivity contribution is 0.0999. The van der Waals surface area contributed by atoms with Gasteiger partial charge in [0.2, 0.25) is 11.8 Å². The van der Waals surface area contributed by atoms with Crippen LogP contribution in [0.3, 0.4) is 0 Å². The molecule has 0 aliphatic heterocycles. The first kappa shape index (κ1) is 13.5. The number of nitrogens with two attached hydrogens (primary N) is 1. The number of hydrogen-bond donors (Lipinski definition) is 1. The monoisotopic (exact) mass is 320 g/mol. The van der Waals surface area contributed by atoms with E-state index in [9.17, 15) is 4.79 Å². The number of rotatable bonds is 3. The van der Waals surface area contributed by atoms with Gasteiger partial charge in [-0.1, -0.05) is 15.9 Å². The van der Waals surface area contributed by atoms with Gasteiger partial charge in [0.1, 0.15) is 5.75 Å². The fourth-order valence-electron chi connectivity index (χ4n) is 1.63. The molecule has 19 heavy (non-hydrogen) atoms. The van der Waals surface area contributed by atoms with Gasteiger partial charge in [-0.05, 0) is 43.7 Å². The molecule has 2 aromatic rings. The Labute approximate surface area is 119 Å². The fourth-order valence-corrected chi connectivity index (χ4v) is 1.88. The summed E-state index contributed by atoms with van der Waals surface area (Å²) in [6, 6.07) is 8.77. The molecule has 0 fully saturated rings. The number of pyridine rings is 1. The SMILES string of the molecule is Cc1cc(C(N)=O)cc(Oc2ccc(Br)c(C)c2)n1. The van der Waals surface area contributed by atoms with Crippen molar-refractivity contribution in [2.45, 2.75) is 13.8 Å². The Bertz CT molecular complexity index is 641. The Balaban J connectivity index is 2.32. The lowest BCUT2D eigenvalue weighted by Gasteiger charge is -2.08. The molecule has 98 valence electrons. The Hall–Kier alpha value is -1.88. The number of aryl methyl sites for hydroxylation is 2. The molecule has 0 atom stereocenters. The quantitative estimate of drug-likeness (QED) is 0.943. The lowest BCUT2D eigenvalue weighted by atomic mass is 10.2. The molecule has 1 amide bonds. The second kappa shape index (κ2) is 5.40. The summed E-state index contributed by atoms with van der Waals surface area (Å²) in [6.07, 6.45) is 0. The Kier molecular flexibility index (Phi) is 3.85. The summed E-state index contributed by atoms with van der Waals surface area (Å²) in [5, 5.41) is 0. The number of hydrogen-bond acceptors (Lipinski definition) is 3. The Morgan fingerprint density at radius 3 is 2.63 bits per heavy atom. The first-order valence-electron chi connectivity index (χ1n) is 5.68. The minimum absolute atomic E-state index is 0.357. The molecule has 0 saturated heterocycles. The van der Waals surface area contributed by atoms with E-state index >= 15 is 0 Å². The zero-order valence-electron chi connectivity index (χ0n) is 10.6. The van der Waals surface area contributed by atoms with Crippen LogP contribution in [0.1, 0.15) is 21.6 Å². The standard InChI is InChI=1S/C14H13BrN2O2/c1-8-5-11(3-4-12(8)15)19-13-7-10(14(16)18)6-9(2)17-13/h3-7H,1-2H3,(H2,16,18). The van der Waals surface area contributed by atoms with Crippen LogP contribution in [0.5, 0.6) is 11.6 Å². The molecule has 0 aliphatic rings. The maximum atomic E-state index is 11.2. The molecular weight excluding hydrogens is 308 g/mol. The maximum absolute atomic E-state index is 11.2. The smallest absolute Gasteiger partial charge is 0.248 e. The number of benzene rings is 1. The molecule has 0 spiro atoms. The average molecular weight is 321 g/mol. The lowest BCUT2D eigenvalue weighted by Crippen LogP contribution is -2.11. The van der Waals surface area contributed by atoms with Crippen LogP contribution in [-0.4, -0.2) is 10.9 Å². The third-order valence-electron chi connectivity index (χ3n) is 2.57. The van der Waals surface area contributed by atoms with E-state index in [2.05, 4.69) is 20.9 Å². The van der Waals surface area contributed by atoms with Gasteiger partial charge >= 0.3 is 0 Å². The molecular formula is C14H13BrN2O2. The van der Waals surface area contributed by atoms with E-state index in [0.717, 1.165) is 10.0 Å². The van der Waals surface area contributed by atoms with Crippen molar-refractivity contribution in [1.82, 2.24) is 4.98 Å². The molecule has 4 nitrogen and oxygen atoms in total. The number of halogens is 1. The second-order valence-corrected chi connectivity index (χ2v) is 5.07. The van der Waals surface area contributed by atoms with Gasteiger partial charge in [0.15, 0.2) is 0 Å². The Morgan fingerprint density at radius 2 is 2.00 bits per heavy atom. The summed E-state index contributed by atoms with van der Waals surface area (Å²) in [7, 11) is 0. The third kappa shape index (κ3) is 3.32. The zero-order valence-corrected chi connectivity index (χ0v) is 12.2. The molecule has 1 heterocycles. The van der Waals surface area contributed by atoms with Gasteiger partial charge in [-0.3, -0.25) is 4.79 Å².